The van der Waals surface area contributed by atoms with Crippen molar-refractivity contribution >= 4 is 34.1 Å². The van der Waals surface area contributed by atoms with Gasteiger partial charge < -0.3 is 10.6 Å². The maximum Gasteiger partial charge on any atom is 0.262 e. The number of aromatic nitrogens is 2. The van der Waals surface area contributed by atoms with Gasteiger partial charge in [-0.15, -0.1) is 0 Å². The highest BCUT2D eigenvalue weighted by Gasteiger charge is 2.34. The number of anilines is 1. The average molecular weight is 375 g/mol. The molecule has 27 heavy (non-hydrogen) atoms. The number of rotatable bonds is 2. The fourth-order valence-electron chi connectivity index (χ4n) is 3.59. The zero-order valence-electron chi connectivity index (χ0n) is 14.5. The number of aryl methyl sites for hydroxylation is 1. The quantitative estimate of drug-likeness (QED) is 0.680. The van der Waals surface area contributed by atoms with E-state index in [0.717, 1.165) is 33.4 Å². The Balaban J connectivity index is 1.74. The Morgan fingerprint density at radius 2 is 1.96 bits per heavy atom. The molecule has 132 valence electrons. The number of nitrogen functional groups attached to an aromatic ring is 1. The summed E-state index contributed by atoms with van der Waals surface area (Å²) in [5, 5.41) is 1.17. The maximum atomic E-state index is 12.8. The van der Waals surface area contributed by atoms with Crippen LogP contribution in [0.25, 0.3) is 22.0 Å². The molecule has 0 saturated heterocycles. The van der Waals surface area contributed by atoms with E-state index in [4.69, 9.17) is 22.3 Å². The number of halogens is 1. The van der Waals surface area contributed by atoms with E-state index in [2.05, 4.69) is 4.98 Å². The first-order valence-electron chi connectivity index (χ1n) is 8.59. The van der Waals surface area contributed by atoms with Crippen LogP contribution in [-0.4, -0.2) is 20.8 Å². The molecule has 0 atom stereocenters. The average Bonchev–Trinajstić information content (AvgIpc) is 2.90. The highest BCUT2D eigenvalue weighted by molar-refractivity contribution is 6.32. The van der Waals surface area contributed by atoms with Crippen molar-refractivity contribution in [1.29, 1.82) is 0 Å². The summed E-state index contributed by atoms with van der Waals surface area (Å²) < 4.78 is 0. The summed E-state index contributed by atoms with van der Waals surface area (Å²) in [7, 11) is 0. The van der Waals surface area contributed by atoms with Gasteiger partial charge in [0.15, 0.2) is 0 Å². The van der Waals surface area contributed by atoms with E-state index in [1.165, 1.54) is 0 Å². The lowest BCUT2D eigenvalue weighted by Crippen LogP contribution is -2.24. The van der Waals surface area contributed by atoms with Gasteiger partial charge in [-0.1, -0.05) is 35.9 Å². The Kier molecular flexibility index (Phi) is 3.36. The fraction of sp³-hybridized carbons (Fsp3) is 0.0952. The number of nitrogens with two attached hydrogens (primary N) is 1. The van der Waals surface area contributed by atoms with Crippen LogP contribution in [-0.2, 0) is 6.54 Å². The van der Waals surface area contributed by atoms with Gasteiger partial charge >= 0.3 is 0 Å². The third kappa shape index (κ3) is 2.28. The molecule has 1 aliphatic heterocycles. The second kappa shape index (κ2) is 5.66. The second-order valence-electron chi connectivity index (χ2n) is 6.68. The molecule has 1 aromatic carbocycles. The predicted octanol–water partition coefficient (Wildman–Crippen LogP) is 4.25. The van der Waals surface area contributed by atoms with Gasteiger partial charge in [0.25, 0.3) is 5.91 Å². The molecule has 0 spiro atoms. The first-order valence-corrected chi connectivity index (χ1v) is 8.97. The summed E-state index contributed by atoms with van der Waals surface area (Å²) in [5.74, 6) is -0.104. The molecule has 0 saturated carbocycles. The van der Waals surface area contributed by atoms with E-state index < -0.39 is 0 Å². The van der Waals surface area contributed by atoms with Crippen LogP contribution in [0.15, 0.2) is 54.3 Å². The monoisotopic (exact) mass is 374 g/mol. The number of amides is 1. The highest BCUT2D eigenvalue weighted by Crippen LogP contribution is 2.39. The smallest absolute Gasteiger partial charge is 0.262 e. The normalized spacial score (nSPS) is 15.1. The van der Waals surface area contributed by atoms with E-state index >= 15 is 0 Å². The largest absolute Gasteiger partial charge is 0.397 e. The van der Waals surface area contributed by atoms with Crippen molar-refractivity contribution in [3.63, 3.8) is 0 Å². The summed E-state index contributed by atoms with van der Waals surface area (Å²) in [6, 6.07) is 9.58. The Labute approximate surface area is 160 Å². The molecule has 0 unspecified atom stereocenters. The first-order chi connectivity index (χ1) is 13.0. The topological polar surface area (TPSA) is 72.1 Å². The van der Waals surface area contributed by atoms with Crippen LogP contribution in [0.4, 0.5) is 5.69 Å². The van der Waals surface area contributed by atoms with Crippen LogP contribution in [0.2, 0.25) is 5.15 Å². The van der Waals surface area contributed by atoms with Gasteiger partial charge in [0, 0.05) is 27.9 Å². The van der Waals surface area contributed by atoms with Gasteiger partial charge in [0.1, 0.15) is 5.15 Å². The van der Waals surface area contributed by atoms with Crippen molar-refractivity contribution in [3.8, 4) is 11.1 Å². The summed E-state index contributed by atoms with van der Waals surface area (Å²) in [6.45, 7) is 2.31. The molecule has 0 fully saturated rings. The molecule has 2 aliphatic rings. The number of fused-ring (bicyclic) bond motifs is 2. The molecule has 3 aromatic rings. The zero-order chi connectivity index (χ0) is 18.7. The Morgan fingerprint density at radius 1 is 1.15 bits per heavy atom. The first kappa shape index (κ1) is 16.0. The highest BCUT2D eigenvalue weighted by atomic mass is 35.5. The maximum absolute atomic E-state index is 12.8. The molecule has 1 aliphatic carbocycles. The van der Waals surface area contributed by atoms with E-state index in [1.807, 2.05) is 55.5 Å². The number of para-hydroxylation sites is 1. The van der Waals surface area contributed by atoms with Gasteiger partial charge in [-0.2, -0.15) is 0 Å². The van der Waals surface area contributed by atoms with Gasteiger partial charge in [-0.25, -0.2) is 9.97 Å². The van der Waals surface area contributed by atoms with Gasteiger partial charge in [0.2, 0.25) is 0 Å². The van der Waals surface area contributed by atoms with Crippen LogP contribution in [0, 0.1) is 6.92 Å². The summed E-state index contributed by atoms with van der Waals surface area (Å²) in [4.78, 5) is 23.7. The minimum atomic E-state index is -0.104. The standard InChI is InChI=1S/C21H15ClN4O/c1-11-8-9-14(20(22)24-11)13-6-3-7-15-18(23)17-16(25-19(13)15)10-26(21(17)27)12-4-2-5-12/h2-9H,10H2,1H3,(H2,23,25). The summed E-state index contributed by atoms with van der Waals surface area (Å²) in [5.41, 5.74) is 12.2. The number of benzene rings is 1. The molecule has 1 amide bonds. The zero-order valence-corrected chi connectivity index (χ0v) is 15.3. The number of pyridine rings is 2. The molecule has 2 N–H and O–H groups in total. The molecule has 2 aromatic heterocycles. The molecule has 5 rings (SSSR count). The van der Waals surface area contributed by atoms with Gasteiger partial charge in [-0.3, -0.25) is 4.79 Å². The molecule has 6 heteroatoms. The van der Waals surface area contributed by atoms with Crippen LogP contribution >= 0.6 is 11.6 Å². The van der Waals surface area contributed by atoms with E-state index in [-0.39, 0.29) is 5.91 Å². The number of allylic oxidation sites excluding steroid dienone is 3. The number of carbonyl (C=O) groups excluding carboxylic acids is 1. The third-order valence-electron chi connectivity index (χ3n) is 5.02. The van der Waals surface area contributed by atoms with Crippen molar-refractivity contribution in [2.24, 2.45) is 0 Å². The molecular weight excluding hydrogens is 360 g/mol. The van der Waals surface area contributed by atoms with Crippen LogP contribution in [0.5, 0.6) is 0 Å². The minimum absolute atomic E-state index is 0.104. The molecular formula is C21H15ClN4O. The second-order valence-corrected chi connectivity index (χ2v) is 7.04. The summed E-state index contributed by atoms with van der Waals surface area (Å²) in [6.07, 6.45) is 5.72. The van der Waals surface area contributed by atoms with E-state index in [0.29, 0.717) is 28.6 Å². The third-order valence-corrected chi connectivity index (χ3v) is 5.31. The lowest BCUT2D eigenvalue weighted by Gasteiger charge is -2.19. The number of hydrogen-bond donors (Lipinski definition) is 1. The van der Waals surface area contributed by atoms with Crippen LogP contribution in [0.3, 0.4) is 0 Å². The fourth-order valence-corrected chi connectivity index (χ4v) is 3.88. The lowest BCUT2D eigenvalue weighted by atomic mass is 10.00. The summed E-state index contributed by atoms with van der Waals surface area (Å²) >= 11 is 6.39. The molecule has 0 bridgehead atoms. The predicted molar refractivity (Wildman–Crippen MR) is 106 cm³/mol. The van der Waals surface area contributed by atoms with Gasteiger partial charge in [-0.05, 0) is 31.2 Å². The van der Waals surface area contributed by atoms with Crippen molar-refractivity contribution < 1.29 is 4.79 Å². The molecule has 0 radical (unpaired) electrons. The number of hydrogen-bond acceptors (Lipinski definition) is 4. The van der Waals surface area contributed by atoms with Crippen LogP contribution < -0.4 is 5.73 Å². The Hall–Kier alpha value is -3.18. The number of nitrogens with zero attached hydrogens (tertiary/aromatic N) is 3. The number of carbonyl (C=O) groups is 1. The Morgan fingerprint density at radius 3 is 2.67 bits per heavy atom. The lowest BCUT2D eigenvalue weighted by molar-refractivity contribution is 0.0831. The Bertz CT molecular complexity index is 1210. The van der Waals surface area contributed by atoms with E-state index in [1.54, 1.807) is 4.90 Å². The molecule has 5 nitrogen and oxygen atoms in total. The van der Waals surface area contributed by atoms with Crippen molar-refractivity contribution in [2.45, 2.75) is 13.5 Å². The van der Waals surface area contributed by atoms with Crippen LogP contribution in [0.1, 0.15) is 21.7 Å². The van der Waals surface area contributed by atoms with Crippen molar-refractivity contribution in [2.75, 3.05) is 5.73 Å². The van der Waals surface area contributed by atoms with Gasteiger partial charge in [0.05, 0.1) is 29.0 Å². The van der Waals surface area contributed by atoms with Crippen molar-refractivity contribution in [3.05, 3.63) is 76.4 Å². The van der Waals surface area contributed by atoms with E-state index in [9.17, 15) is 4.79 Å². The minimum Gasteiger partial charge on any atom is -0.397 e. The van der Waals surface area contributed by atoms with Crippen molar-refractivity contribution in [1.82, 2.24) is 14.9 Å². The SMILES string of the molecule is Cc1ccc(-c2cccc3c(N)c4c(nc23)CN(C2=CC=C2)C4=O)c(Cl)n1. The molecule has 3 heterocycles.